The number of nitrogens with one attached hydrogen (secondary N) is 1. The van der Waals surface area contributed by atoms with Crippen molar-refractivity contribution in [2.75, 3.05) is 23.3 Å². The molecule has 1 N–H and O–H groups in total. The number of aromatic nitrogens is 2. The van der Waals surface area contributed by atoms with E-state index in [9.17, 15) is 0 Å². The number of anilines is 3. The maximum absolute atomic E-state index is 4.42. The van der Waals surface area contributed by atoms with Crippen molar-refractivity contribution in [3.05, 3.63) is 42.2 Å². The van der Waals surface area contributed by atoms with Crippen molar-refractivity contribution < 1.29 is 0 Å². The molecule has 2 aromatic rings. The smallest absolute Gasteiger partial charge is 0.138 e. The first-order chi connectivity index (χ1) is 10.1. The molecule has 4 nitrogen and oxygen atoms in total. The lowest BCUT2D eigenvalue weighted by atomic mass is 10.2. The molecule has 4 heteroatoms. The number of hydrogen-bond acceptors (Lipinski definition) is 4. The monoisotopic (exact) mass is 284 g/mol. The summed E-state index contributed by atoms with van der Waals surface area (Å²) in [6.07, 6.45) is 1.62. The lowest BCUT2D eigenvalue weighted by molar-refractivity contribution is 0.686. The zero-order chi connectivity index (χ0) is 15.2. The number of rotatable bonds is 6. The molecular formula is C17H24N4. The van der Waals surface area contributed by atoms with Crippen molar-refractivity contribution in [3.8, 4) is 0 Å². The topological polar surface area (TPSA) is 41.0 Å². The Morgan fingerprint density at radius 2 is 2.00 bits per heavy atom. The van der Waals surface area contributed by atoms with E-state index in [2.05, 4.69) is 72.1 Å². The molecule has 0 radical (unpaired) electrons. The van der Waals surface area contributed by atoms with Gasteiger partial charge in [0, 0.05) is 24.8 Å². The van der Waals surface area contributed by atoms with E-state index < -0.39 is 0 Å². The Balaban J connectivity index is 2.24. The molecule has 112 valence electrons. The summed E-state index contributed by atoms with van der Waals surface area (Å²) in [5.74, 6) is 2.38. The molecule has 1 aromatic heterocycles. The van der Waals surface area contributed by atoms with Crippen LogP contribution in [0.1, 0.15) is 26.3 Å². The van der Waals surface area contributed by atoms with Gasteiger partial charge in [-0.1, -0.05) is 26.0 Å². The molecule has 0 saturated heterocycles. The van der Waals surface area contributed by atoms with E-state index in [0.29, 0.717) is 5.92 Å². The Labute approximate surface area is 127 Å². The molecule has 1 aromatic carbocycles. The maximum atomic E-state index is 4.42. The van der Waals surface area contributed by atoms with Crippen molar-refractivity contribution in [2.45, 2.75) is 27.7 Å². The molecule has 0 fully saturated rings. The number of nitrogens with zero attached hydrogens (tertiary/aromatic N) is 3. The van der Waals surface area contributed by atoms with Crippen LogP contribution in [0.2, 0.25) is 0 Å². The molecule has 0 spiro atoms. The van der Waals surface area contributed by atoms with Crippen LogP contribution < -0.4 is 10.2 Å². The van der Waals surface area contributed by atoms with Crippen LogP contribution in [0.4, 0.5) is 17.3 Å². The van der Waals surface area contributed by atoms with Crippen molar-refractivity contribution in [2.24, 2.45) is 5.92 Å². The average molecular weight is 284 g/mol. The molecule has 2 rings (SSSR count). The second-order valence-electron chi connectivity index (χ2n) is 5.62. The van der Waals surface area contributed by atoms with Gasteiger partial charge in [0.1, 0.15) is 18.0 Å². The molecular weight excluding hydrogens is 260 g/mol. The first-order valence-electron chi connectivity index (χ1n) is 7.50. The Morgan fingerprint density at radius 3 is 2.67 bits per heavy atom. The van der Waals surface area contributed by atoms with E-state index >= 15 is 0 Å². The summed E-state index contributed by atoms with van der Waals surface area (Å²) in [7, 11) is 0. The quantitative estimate of drug-likeness (QED) is 0.870. The van der Waals surface area contributed by atoms with Crippen molar-refractivity contribution in [3.63, 3.8) is 0 Å². The van der Waals surface area contributed by atoms with Crippen LogP contribution in [0, 0.1) is 12.8 Å². The van der Waals surface area contributed by atoms with Gasteiger partial charge in [-0.3, -0.25) is 0 Å². The number of aryl methyl sites for hydroxylation is 1. The first kappa shape index (κ1) is 15.3. The summed E-state index contributed by atoms with van der Waals surface area (Å²) < 4.78 is 0. The van der Waals surface area contributed by atoms with Crippen molar-refractivity contribution in [1.82, 2.24) is 9.97 Å². The predicted molar refractivity (Wildman–Crippen MR) is 89.2 cm³/mol. The predicted octanol–water partition coefficient (Wildman–Crippen LogP) is 4.01. The maximum Gasteiger partial charge on any atom is 0.138 e. The molecule has 0 aliphatic carbocycles. The number of hydrogen-bond donors (Lipinski definition) is 1. The van der Waals surface area contributed by atoms with E-state index in [-0.39, 0.29) is 0 Å². The molecule has 1 heterocycles. The molecule has 0 amide bonds. The third-order valence-electron chi connectivity index (χ3n) is 3.25. The normalized spacial score (nSPS) is 10.7. The second kappa shape index (κ2) is 7.07. The van der Waals surface area contributed by atoms with Crippen LogP contribution in [0.15, 0.2) is 36.7 Å². The van der Waals surface area contributed by atoms with Gasteiger partial charge in [0.2, 0.25) is 0 Å². The summed E-state index contributed by atoms with van der Waals surface area (Å²) >= 11 is 0. The van der Waals surface area contributed by atoms with Crippen LogP contribution in [-0.2, 0) is 0 Å². The first-order valence-corrected chi connectivity index (χ1v) is 7.50. The third-order valence-corrected chi connectivity index (χ3v) is 3.25. The zero-order valence-electron chi connectivity index (χ0n) is 13.3. The van der Waals surface area contributed by atoms with E-state index in [1.807, 2.05) is 6.07 Å². The highest BCUT2D eigenvalue weighted by molar-refractivity contribution is 5.62. The third kappa shape index (κ3) is 4.18. The van der Waals surface area contributed by atoms with E-state index in [0.717, 1.165) is 30.4 Å². The fourth-order valence-corrected chi connectivity index (χ4v) is 2.17. The van der Waals surface area contributed by atoms with Crippen LogP contribution >= 0.6 is 0 Å². The highest BCUT2D eigenvalue weighted by Crippen LogP contribution is 2.25. The Bertz CT molecular complexity index is 581. The molecule has 0 aliphatic heterocycles. The van der Waals surface area contributed by atoms with Gasteiger partial charge in [-0.15, -0.1) is 0 Å². The highest BCUT2D eigenvalue weighted by Gasteiger charge is 2.10. The number of benzene rings is 1. The molecule has 0 saturated carbocycles. The second-order valence-corrected chi connectivity index (χ2v) is 5.62. The van der Waals surface area contributed by atoms with E-state index in [4.69, 9.17) is 0 Å². The van der Waals surface area contributed by atoms with Gasteiger partial charge >= 0.3 is 0 Å². The molecule has 0 atom stereocenters. The van der Waals surface area contributed by atoms with Crippen LogP contribution in [0.3, 0.4) is 0 Å². The minimum absolute atomic E-state index is 0.586. The van der Waals surface area contributed by atoms with Crippen molar-refractivity contribution in [1.29, 1.82) is 0 Å². The summed E-state index contributed by atoms with van der Waals surface area (Å²) in [4.78, 5) is 10.9. The molecule has 0 unspecified atom stereocenters. The van der Waals surface area contributed by atoms with Crippen LogP contribution in [-0.4, -0.2) is 23.1 Å². The summed E-state index contributed by atoms with van der Waals surface area (Å²) in [6, 6.07) is 10.5. The lowest BCUT2D eigenvalue weighted by Crippen LogP contribution is -2.18. The molecule has 21 heavy (non-hydrogen) atoms. The van der Waals surface area contributed by atoms with Crippen molar-refractivity contribution >= 4 is 17.3 Å². The standard InChI is InChI=1S/C17H24N4/c1-5-21(15-8-6-7-14(4)9-15)17-10-16(19-12-20-17)18-11-13(2)3/h6-10,12-13H,5,11H2,1-4H3,(H,18,19,20). The summed E-state index contributed by atoms with van der Waals surface area (Å²) in [6.45, 7) is 10.4. The highest BCUT2D eigenvalue weighted by atomic mass is 15.2. The Kier molecular flexibility index (Phi) is 5.14. The largest absolute Gasteiger partial charge is 0.370 e. The van der Waals surface area contributed by atoms with Gasteiger partial charge in [-0.2, -0.15) is 0 Å². The Hall–Kier alpha value is -2.10. The van der Waals surface area contributed by atoms with E-state index in [1.165, 1.54) is 5.56 Å². The Morgan fingerprint density at radius 1 is 1.19 bits per heavy atom. The van der Waals surface area contributed by atoms with Crippen LogP contribution in [0.25, 0.3) is 0 Å². The van der Waals surface area contributed by atoms with Gasteiger partial charge in [-0.05, 0) is 37.5 Å². The fourth-order valence-electron chi connectivity index (χ4n) is 2.17. The molecule has 0 bridgehead atoms. The minimum atomic E-state index is 0.586. The lowest BCUT2D eigenvalue weighted by Gasteiger charge is -2.23. The fraction of sp³-hybridized carbons (Fsp3) is 0.412. The zero-order valence-corrected chi connectivity index (χ0v) is 13.3. The van der Waals surface area contributed by atoms with Gasteiger partial charge in [0.05, 0.1) is 0 Å². The van der Waals surface area contributed by atoms with Crippen LogP contribution in [0.5, 0.6) is 0 Å². The minimum Gasteiger partial charge on any atom is -0.370 e. The van der Waals surface area contributed by atoms with Gasteiger partial charge in [-0.25, -0.2) is 9.97 Å². The molecule has 0 aliphatic rings. The summed E-state index contributed by atoms with van der Waals surface area (Å²) in [5, 5.41) is 3.35. The van der Waals surface area contributed by atoms with E-state index in [1.54, 1.807) is 6.33 Å². The summed E-state index contributed by atoms with van der Waals surface area (Å²) in [5.41, 5.74) is 2.41. The van der Waals surface area contributed by atoms with Gasteiger partial charge < -0.3 is 10.2 Å². The van der Waals surface area contributed by atoms with Gasteiger partial charge in [0.25, 0.3) is 0 Å². The SMILES string of the molecule is CCN(c1cccc(C)c1)c1cc(NCC(C)C)ncn1. The van der Waals surface area contributed by atoms with Gasteiger partial charge in [0.15, 0.2) is 0 Å². The average Bonchev–Trinajstić information content (AvgIpc) is 2.46.